The SMILES string of the molecule is FC(F)Oc1c(Cl)ccnc1C(F)(F)F. The van der Waals surface area contributed by atoms with Crippen molar-refractivity contribution in [2.45, 2.75) is 12.8 Å². The Morgan fingerprint density at radius 2 is 1.93 bits per heavy atom. The van der Waals surface area contributed by atoms with Crippen molar-refractivity contribution in [3.8, 4) is 5.75 Å². The van der Waals surface area contributed by atoms with Crippen LogP contribution in [0.25, 0.3) is 0 Å². The zero-order valence-electron chi connectivity index (χ0n) is 6.86. The van der Waals surface area contributed by atoms with Crippen LogP contribution in [-0.4, -0.2) is 11.6 Å². The van der Waals surface area contributed by atoms with Crippen LogP contribution in [0.15, 0.2) is 12.3 Å². The van der Waals surface area contributed by atoms with Crippen molar-refractivity contribution in [3.63, 3.8) is 0 Å². The van der Waals surface area contributed by atoms with Crippen molar-refractivity contribution in [2.75, 3.05) is 0 Å². The number of alkyl halides is 5. The lowest BCUT2D eigenvalue weighted by molar-refractivity contribution is -0.145. The maximum absolute atomic E-state index is 12.2. The van der Waals surface area contributed by atoms with Crippen LogP contribution in [0, 0.1) is 0 Å². The van der Waals surface area contributed by atoms with Gasteiger partial charge in [-0.05, 0) is 6.07 Å². The monoisotopic (exact) mass is 247 g/mol. The fourth-order valence-corrected chi connectivity index (χ4v) is 1.02. The normalized spacial score (nSPS) is 11.9. The fraction of sp³-hybridized carbons (Fsp3) is 0.286. The minimum Gasteiger partial charge on any atom is -0.431 e. The molecule has 0 bridgehead atoms. The third-order valence-electron chi connectivity index (χ3n) is 1.33. The summed E-state index contributed by atoms with van der Waals surface area (Å²) in [6.07, 6.45) is -4.14. The summed E-state index contributed by atoms with van der Waals surface area (Å²) in [6, 6.07) is 0.925. The van der Waals surface area contributed by atoms with Crippen molar-refractivity contribution in [1.29, 1.82) is 0 Å². The summed E-state index contributed by atoms with van der Waals surface area (Å²) in [5, 5.41) is -0.572. The van der Waals surface area contributed by atoms with Crippen molar-refractivity contribution >= 4 is 11.6 Å². The lowest BCUT2D eigenvalue weighted by Crippen LogP contribution is -2.13. The van der Waals surface area contributed by atoms with Crippen molar-refractivity contribution < 1.29 is 26.7 Å². The number of ether oxygens (including phenoxy) is 1. The molecule has 1 aromatic heterocycles. The van der Waals surface area contributed by atoms with Crippen LogP contribution >= 0.6 is 11.6 Å². The van der Waals surface area contributed by atoms with Crippen LogP contribution in [-0.2, 0) is 6.18 Å². The minimum atomic E-state index is -4.89. The molecule has 1 aromatic rings. The molecule has 0 aliphatic rings. The van der Waals surface area contributed by atoms with E-state index in [9.17, 15) is 22.0 Å². The van der Waals surface area contributed by atoms with Gasteiger partial charge in [-0.1, -0.05) is 11.6 Å². The van der Waals surface area contributed by atoms with Crippen LogP contribution in [0.1, 0.15) is 5.69 Å². The highest BCUT2D eigenvalue weighted by molar-refractivity contribution is 6.32. The van der Waals surface area contributed by atoms with Gasteiger partial charge in [0, 0.05) is 6.20 Å². The van der Waals surface area contributed by atoms with E-state index in [0.717, 1.165) is 12.3 Å². The highest BCUT2D eigenvalue weighted by Crippen LogP contribution is 2.38. The summed E-state index contributed by atoms with van der Waals surface area (Å²) in [5.74, 6) is -1.17. The van der Waals surface area contributed by atoms with E-state index in [0.29, 0.717) is 0 Å². The molecule has 15 heavy (non-hydrogen) atoms. The predicted octanol–water partition coefficient (Wildman–Crippen LogP) is 3.36. The Bertz CT molecular complexity index is 354. The molecule has 0 atom stereocenters. The first kappa shape index (κ1) is 12.0. The Morgan fingerprint density at radius 1 is 1.33 bits per heavy atom. The van der Waals surface area contributed by atoms with E-state index in [1.807, 2.05) is 0 Å². The van der Waals surface area contributed by atoms with E-state index in [4.69, 9.17) is 11.6 Å². The topological polar surface area (TPSA) is 22.1 Å². The standard InChI is InChI=1S/C7H3ClF5NO/c8-3-1-2-14-5(7(11,12)13)4(3)15-6(9)10/h1-2,6H. The molecule has 1 rings (SSSR count). The van der Waals surface area contributed by atoms with Crippen molar-refractivity contribution in [2.24, 2.45) is 0 Å². The fourth-order valence-electron chi connectivity index (χ4n) is 0.828. The third kappa shape index (κ3) is 2.92. The molecule has 0 radical (unpaired) electrons. The summed E-state index contributed by atoms with van der Waals surface area (Å²) < 4.78 is 63.9. The molecule has 0 fully saturated rings. The molecule has 84 valence electrons. The second-order valence-corrected chi connectivity index (χ2v) is 2.75. The first-order chi connectivity index (χ1) is 6.82. The number of rotatable bonds is 2. The van der Waals surface area contributed by atoms with Crippen LogP contribution in [0.2, 0.25) is 5.02 Å². The Hall–Kier alpha value is -1.11. The van der Waals surface area contributed by atoms with E-state index in [2.05, 4.69) is 9.72 Å². The molecular weight excluding hydrogens is 245 g/mol. The first-order valence-corrected chi connectivity index (χ1v) is 3.86. The third-order valence-corrected chi connectivity index (χ3v) is 1.63. The Morgan fingerprint density at radius 3 is 2.40 bits per heavy atom. The smallest absolute Gasteiger partial charge is 0.431 e. The summed E-state index contributed by atoms with van der Waals surface area (Å²) >= 11 is 5.28. The van der Waals surface area contributed by atoms with Crippen molar-refractivity contribution in [3.05, 3.63) is 23.0 Å². The molecule has 0 unspecified atom stereocenters. The maximum Gasteiger partial charge on any atom is 0.437 e. The van der Waals surface area contributed by atoms with Gasteiger partial charge >= 0.3 is 12.8 Å². The average molecular weight is 248 g/mol. The molecule has 0 saturated heterocycles. The number of aromatic nitrogens is 1. The number of nitrogens with zero attached hydrogens (tertiary/aromatic N) is 1. The molecule has 0 aliphatic carbocycles. The van der Waals surface area contributed by atoms with Gasteiger partial charge in [0.05, 0.1) is 5.02 Å². The van der Waals surface area contributed by atoms with Gasteiger partial charge in [0.25, 0.3) is 0 Å². The predicted molar refractivity (Wildman–Crippen MR) is 40.9 cm³/mol. The van der Waals surface area contributed by atoms with Crippen LogP contribution in [0.3, 0.4) is 0 Å². The molecular formula is C7H3ClF5NO. The highest BCUT2D eigenvalue weighted by Gasteiger charge is 2.38. The zero-order valence-corrected chi connectivity index (χ0v) is 7.61. The van der Waals surface area contributed by atoms with Crippen LogP contribution in [0.4, 0.5) is 22.0 Å². The van der Waals surface area contributed by atoms with Crippen LogP contribution in [0.5, 0.6) is 5.75 Å². The molecule has 0 spiro atoms. The first-order valence-electron chi connectivity index (χ1n) is 3.49. The number of hydrogen-bond donors (Lipinski definition) is 0. The van der Waals surface area contributed by atoms with E-state index < -0.39 is 29.3 Å². The summed E-state index contributed by atoms with van der Waals surface area (Å²) in [7, 11) is 0. The van der Waals surface area contributed by atoms with Crippen LogP contribution < -0.4 is 4.74 Å². The molecule has 0 N–H and O–H groups in total. The van der Waals surface area contributed by atoms with Gasteiger partial charge in [0.15, 0.2) is 11.4 Å². The second kappa shape index (κ2) is 4.18. The highest BCUT2D eigenvalue weighted by atomic mass is 35.5. The van der Waals surface area contributed by atoms with E-state index in [1.165, 1.54) is 0 Å². The lowest BCUT2D eigenvalue weighted by atomic mass is 10.3. The van der Waals surface area contributed by atoms with Gasteiger partial charge in [0.2, 0.25) is 0 Å². The maximum atomic E-state index is 12.2. The zero-order chi connectivity index (χ0) is 11.6. The minimum absolute atomic E-state index is 0.572. The molecule has 0 saturated carbocycles. The van der Waals surface area contributed by atoms with Gasteiger partial charge in [0.1, 0.15) is 0 Å². The Balaban J connectivity index is 3.21. The summed E-state index contributed by atoms with van der Waals surface area (Å²) in [6.45, 7) is -3.40. The molecule has 2 nitrogen and oxygen atoms in total. The molecule has 8 heteroatoms. The molecule has 0 amide bonds. The Kier molecular flexibility index (Phi) is 3.33. The lowest BCUT2D eigenvalue weighted by Gasteiger charge is -2.12. The number of hydrogen-bond acceptors (Lipinski definition) is 2. The number of halogens is 6. The molecule has 0 aliphatic heterocycles. The summed E-state index contributed by atoms with van der Waals surface area (Å²) in [4.78, 5) is 2.90. The summed E-state index contributed by atoms with van der Waals surface area (Å²) in [5.41, 5.74) is -1.57. The quantitative estimate of drug-likeness (QED) is 0.748. The largest absolute Gasteiger partial charge is 0.437 e. The van der Waals surface area contributed by atoms with Gasteiger partial charge < -0.3 is 4.74 Å². The van der Waals surface area contributed by atoms with E-state index in [1.54, 1.807) is 0 Å². The second-order valence-electron chi connectivity index (χ2n) is 2.35. The van der Waals surface area contributed by atoms with Gasteiger partial charge in [-0.2, -0.15) is 22.0 Å². The van der Waals surface area contributed by atoms with Crippen molar-refractivity contribution in [1.82, 2.24) is 4.98 Å². The molecule has 0 aromatic carbocycles. The Labute approximate surface area is 85.6 Å². The number of pyridine rings is 1. The van der Waals surface area contributed by atoms with Gasteiger partial charge in [-0.25, -0.2) is 4.98 Å². The van der Waals surface area contributed by atoms with E-state index in [-0.39, 0.29) is 0 Å². The van der Waals surface area contributed by atoms with Gasteiger partial charge in [-0.3, -0.25) is 0 Å². The average Bonchev–Trinajstić information content (AvgIpc) is 2.05. The molecule has 1 heterocycles. The van der Waals surface area contributed by atoms with Gasteiger partial charge in [-0.15, -0.1) is 0 Å². The van der Waals surface area contributed by atoms with E-state index >= 15 is 0 Å².